The minimum Gasteiger partial charge on any atom is -0.352 e. The van der Waals surface area contributed by atoms with Crippen LogP contribution in [0.2, 0.25) is 0 Å². The molecule has 5 nitrogen and oxygen atoms in total. The molecule has 1 rings (SSSR count). The summed E-state index contributed by atoms with van der Waals surface area (Å²) in [5.41, 5.74) is 1.16. The van der Waals surface area contributed by atoms with Crippen molar-refractivity contribution < 1.29 is 13.2 Å². The van der Waals surface area contributed by atoms with Crippen molar-refractivity contribution in [3.8, 4) is 0 Å². The van der Waals surface area contributed by atoms with E-state index in [0.29, 0.717) is 18.7 Å². The predicted octanol–water partition coefficient (Wildman–Crippen LogP) is 2.21. The van der Waals surface area contributed by atoms with E-state index in [1.54, 1.807) is 13.0 Å². The zero-order valence-corrected chi connectivity index (χ0v) is 13.7. The van der Waals surface area contributed by atoms with Crippen LogP contribution >= 0.6 is 0 Å². The van der Waals surface area contributed by atoms with E-state index in [9.17, 15) is 13.2 Å². The zero-order chi connectivity index (χ0) is 15.9. The molecule has 0 aliphatic rings. The van der Waals surface area contributed by atoms with Gasteiger partial charge < -0.3 is 5.32 Å². The van der Waals surface area contributed by atoms with Crippen LogP contribution in [0.15, 0.2) is 23.1 Å². The lowest BCUT2D eigenvalue weighted by Crippen LogP contribution is -2.27. The highest BCUT2D eigenvalue weighted by atomic mass is 32.2. The molecule has 0 aliphatic carbocycles. The second-order valence-corrected chi connectivity index (χ2v) is 6.75. The maximum atomic E-state index is 12.2. The summed E-state index contributed by atoms with van der Waals surface area (Å²) in [5.74, 6) is -0.236. The van der Waals surface area contributed by atoms with Crippen LogP contribution in [0.3, 0.4) is 0 Å². The first-order chi connectivity index (χ1) is 9.92. The van der Waals surface area contributed by atoms with E-state index < -0.39 is 10.0 Å². The lowest BCUT2D eigenvalue weighted by atomic mass is 10.1. The van der Waals surface area contributed by atoms with Gasteiger partial charge in [-0.3, -0.25) is 4.79 Å². The third kappa shape index (κ3) is 5.13. The number of aryl methyl sites for hydroxylation is 1. The maximum absolute atomic E-state index is 12.2. The van der Waals surface area contributed by atoms with Gasteiger partial charge in [-0.05, 0) is 37.5 Å². The van der Waals surface area contributed by atoms with E-state index in [1.807, 2.05) is 13.8 Å². The molecule has 0 saturated heterocycles. The van der Waals surface area contributed by atoms with E-state index in [2.05, 4.69) is 10.0 Å². The van der Waals surface area contributed by atoms with Gasteiger partial charge in [0.25, 0.3) is 5.91 Å². The molecule has 118 valence electrons. The minimum atomic E-state index is -3.56. The highest BCUT2D eigenvalue weighted by Gasteiger charge is 2.17. The molecule has 0 saturated carbocycles. The number of sulfonamides is 1. The number of amides is 1. The first kappa shape index (κ1) is 17.7. The molecular weight excluding hydrogens is 288 g/mol. The summed E-state index contributed by atoms with van der Waals surface area (Å²) >= 11 is 0. The molecule has 0 spiro atoms. The molecule has 6 heteroatoms. The average molecular weight is 312 g/mol. The van der Waals surface area contributed by atoms with Crippen molar-refractivity contribution >= 4 is 15.9 Å². The fourth-order valence-corrected chi connectivity index (χ4v) is 2.91. The van der Waals surface area contributed by atoms with Crippen LogP contribution in [0.25, 0.3) is 0 Å². The first-order valence-corrected chi connectivity index (χ1v) is 8.79. The molecule has 0 bridgehead atoms. The molecule has 2 N–H and O–H groups in total. The van der Waals surface area contributed by atoms with Crippen LogP contribution in [0.4, 0.5) is 0 Å². The molecule has 1 aromatic carbocycles. The number of carbonyl (C=O) groups is 1. The fraction of sp³-hybridized carbons (Fsp3) is 0.533. The van der Waals surface area contributed by atoms with Gasteiger partial charge in [0.15, 0.2) is 0 Å². The number of nitrogens with one attached hydrogen (secondary N) is 2. The summed E-state index contributed by atoms with van der Waals surface area (Å²) in [5, 5.41) is 2.77. The Kier molecular flexibility index (Phi) is 6.84. The molecule has 0 aliphatic heterocycles. The van der Waals surface area contributed by atoms with Gasteiger partial charge >= 0.3 is 0 Å². The van der Waals surface area contributed by atoms with Gasteiger partial charge in [-0.1, -0.05) is 26.3 Å². The van der Waals surface area contributed by atoms with Gasteiger partial charge in [-0.2, -0.15) is 0 Å². The topological polar surface area (TPSA) is 75.3 Å². The Balaban J connectivity index is 2.97. The second kappa shape index (κ2) is 8.14. The molecule has 0 fully saturated rings. The zero-order valence-electron chi connectivity index (χ0n) is 12.9. The van der Waals surface area contributed by atoms with Crippen LogP contribution in [0.1, 0.15) is 49.0 Å². The Labute approximate surface area is 127 Å². The van der Waals surface area contributed by atoms with Crippen LogP contribution in [-0.2, 0) is 10.0 Å². The Bertz CT molecular complexity index is 583. The monoisotopic (exact) mass is 312 g/mol. The second-order valence-electron chi connectivity index (χ2n) is 4.98. The smallest absolute Gasteiger partial charge is 0.251 e. The van der Waals surface area contributed by atoms with Gasteiger partial charge in [-0.15, -0.1) is 0 Å². The molecule has 1 aromatic rings. The van der Waals surface area contributed by atoms with Crippen molar-refractivity contribution in [1.29, 1.82) is 0 Å². The summed E-state index contributed by atoms with van der Waals surface area (Å²) in [7, 11) is -3.56. The number of unbranched alkanes of at least 4 members (excludes halogenated alkanes) is 1. The van der Waals surface area contributed by atoms with Crippen molar-refractivity contribution in [2.75, 3.05) is 13.1 Å². The Morgan fingerprint density at radius 3 is 2.48 bits per heavy atom. The Morgan fingerprint density at radius 1 is 1.14 bits per heavy atom. The third-order valence-corrected chi connectivity index (χ3v) is 4.58. The number of hydrogen-bond acceptors (Lipinski definition) is 3. The van der Waals surface area contributed by atoms with Gasteiger partial charge in [0.1, 0.15) is 0 Å². The highest BCUT2D eigenvalue weighted by Crippen LogP contribution is 2.15. The van der Waals surface area contributed by atoms with Crippen LogP contribution in [0.5, 0.6) is 0 Å². The highest BCUT2D eigenvalue weighted by molar-refractivity contribution is 7.89. The van der Waals surface area contributed by atoms with Crippen LogP contribution < -0.4 is 10.0 Å². The van der Waals surface area contributed by atoms with Gasteiger partial charge in [0, 0.05) is 18.7 Å². The molecule has 0 unspecified atom stereocenters. The summed E-state index contributed by atoms with van der Waals surface area (Å²) < 4.78 is 26.9. The quantitative estimate of drug-likeness (QED) is 0.723. The van der Waals surface area contributed by atoms with E-state index >= 15 is 0 Å². The molecule has 0 aromatic heterocycles. The lowest BCUT2D eigenvalue weighted by Gasteiger charge is -2.10. The molecule has 1 amide bonds. The number of hydrogen-bond donors (Lipinski definition) is 2. The molecule has 0 atom stereocenters. The van der Waals surface area contributed by atoms with Gasteiger partial charge in [-0.25, -0.2) is 13.1 Å². The number of rotatable bonds is 8. The van der Waals surface area contributed by atoms with Crippen molar-refractivity contribution in [3.63, 3.8) is 0 Å². The van der Waals surface area contributed by atoms with Gasteiger partial charge in [0.05, 0.1) is 4.90 Å². The maximum Gasteiger partial charge on any atom is 0.251 e. The summed E-state index contributed by atoms with van der Waals surface area (Å²) in [6.07, 6.45) is 2.54. The summed E-state index contributed by atoms with van der Waals surface area (Å²) in [4.78, 5) is 12.2. The largest absolute Gasteiger partial charge is 0.352 e. The number of carbonyl (C=O) groups excluding carboxylic acids is 1. The molecule has 21 heavy (non-hydrogen) atoms. The average Bonchev–Trinajstić information content (AvgIpc) is 2.45. The van der Waals surface area contributed by atoms with E-state index in [1.165, 1.54) is 12.1 Å². The SMILES string of the molecule is CCCCNS(=O)(=O)c1ccc(C)c(C(=O)NCCC)c1. The minimum absolute atomic E-state index is 0.130. The van der Waals surface area contributed by atoms with Gasteiger partial charge in [0.2, 0.25) is 10.0 Å². The van der Waals surface area contributed by atoms with Crippen LogP contribution in [0, 0.1) is 6.92 Å². The Hall–Kier alpha value is -1.40. The third-order valence-electron chi connectivity index (χ3n) is 3.12. The van der Waals surface area contributed by atoms with E-state index in [0.717, 1.165) is 24.8 Å². The van der Waals surface area contributed by atoms with E-state index in [-0.39, 0.29) is 10.8 Å². The van der Waals surface area contributed by atoms with E-state index in [4.69, 9.17) is 0 Å². The standard InChI is InChI=1S/C15H24N2O3S/c1-4-6-10-17-21(19,20)13-8-7-12(3)14(11-13)15(18)16-9-5-2/h7-8,11,17H,4-6,9-10H2,1-3H3,(H,16,18). The summed E-state index contributed by atoms with van der Waals surface area (Å²) in [6.45, 7) is 6.73. The van der Waals surface area contributed by atoms with Crippen molar-refractivity contribution in [3.05, 3.63) is 29.3 Å². The molecule has 0 heterocycles. The van der Waals surface area contributed by atoms with Crippen molar-refractivity contribution in [2.45, 2.75) is 44.9 Å². The fourth-order valence-electron chi connectivity index (χ4n) is 1.81. The molecule has 0 radical (unpaired) electrons. The van der Waals surface area contributed by atoms with Crippen molar-refractivity contribution in [1.82, 2.24) is 10.0 Å². The number of benzene rings is 1. The molecular formula is C15H24N2O3S. The predicted molar refractivity (Wildman–Crippen MR) is 83.9 cm³/mol. The Morgan fingerprint density at radius 2 is 1.86 bits per heavy atom. The lowest BCUT2D eigenvalue weighted by molar-refractivity contribution is 0.0953. The summed E-state index contributed by atoms with van der Waals surface area (Å²) in [6, 6.07) is 4.63. The van der Waals surface area contributed by atoms with Crippen molar-refractivity contribution in [2.24, 2.45) is 0 Å². The van der Waals surface area contributed by atoms with Crippen LogP contribution in [-0.4, -0.2) is 27.4 Å². The first-order valence-electron chi connectivity index (χ1n) is 7.31. The normalized spacial score (nSPS) is 11.4.